The standard InChI is InChI=1S/C48H39F3N8/c1-30-22-23-31(34-18-10-11-19-35(34)48(49,50)51)28-38(30)58-40(56(32-14-6-4-7-15-32)41-43(58)54-26-24-52-41)29-39-46(2)36-20-12-13-21-37(36)59-44-42(53-25-27-55-44)57(45(59)47(39,46)3)33-16-8-5-9-17-33/h4-28,39-40,45H,29H2,1-3H3. The summed E-state index contributed by atoms with van der Waals surface area (Å²) >= 11 is 0. The second-order valence-electron chi connectivity index (χ2n) is 16.2. The van der Waals surface area contributed by atoms with Gasteiger partial charge in [-0.3, -0.25) is 0 Å². The summed E-state index contributed by atoms with van der Waals surface area (Å²) < 4.78 is 43.4. The first-order chi connectivity index (χ1) is 28.6. The second kappa shape index (κ2) is 12.6. The highest BCUT2D eigenvalue weighted by Crippen LogP contribution is 2.79. The molecule has 8 nitrogen and oxygen atoms in total. The molecule has 3 aliphatic heterocycles. The molecule has 0 N–H and O–H groups in total. The van der Waals surface area contributed by atoms with E-state index in [9.17, 15) is 13.2 Å². The molecule has 59 heavy (non-hydrogen) atoms. The molecular weight excluding hydrogens is 746 g/mol. The van der Waals surface area contributed by atoms with Gasteiger partial charge in [0.15, 0.2) is 23.3 Å². The normalized spacial score (nSPS) is 23.7. The summed E-state index contributed by atoms with van der Waals surface area (Å²) in [4.78, 5) is 29.1. The number of hydrogen-bond acceptors (Lipinski definition) is 8. The molecule has 0 spiro atoms. The van der Waals surface area contributed by atoms with Gasteiger partial charge in [0.05, 0.1) is 5.56 Å². The van der Waals surface area contributed by atoms with Crippen molar-refractivity contribution in [3.05, 3.63) is 169 Å². The van der Waals surface area contributed by atoms with E-state index in [0.717, 1.165) is 46.0 Å². The van der Waals surface area contributed by atoms with E-state index in [1.165, 1.54) is 11.6 Å². The topological polar surface area (TPSA) is 64.5 Å². The summed E-state index contributed by atoms with van der Waals surface area (Å²) in [7, 11) is 0. The van der Waals surface area contributed by atoms with Crippen LogP contribution in [0.4, 0.5) is 59.2 Å². The van der Waals surface area contributed by atoms with E-state index in [-0.39, 0.29) is 34.6 Å². The minimum absolute atomic E-state index is 0.0918. The van der Waals surface area contributed by atoms with E-state index in [0.29, 0.717) is 23.6 Å². The highest BCUT2D eigenvalue weighted by Gasteiger charge is 2.80. The number of rotatable bonds is 6. The zero-order chi connectivity index (χ0) is 40.3. The van der Waals surface area contributed by atoms with Gasteiger partial charge in [0.1, 0.15) is 12.3 Å². The van der Waals surface area contributed by atoms with Crippen molar-refractivity contribution in [1.29, 1.82) is 0 Å². The number of benzene rings is 5. The zero-order valence-corrected chi connectivity index (χ0v) is 32.6. The van der Waals surface area contributed by atoms with Crippen LogP contribution < -0.4 is 19.6 Å². The third kappa shape index (κ3) is 4.90. The Morgan fingerprint density at radius 3 is 1.78 bits per heavy atom. The van der Waals surface area contributed by atoms with Gasteiger partial charge in [-0.1, -0.05) is 98.8 Å². The fourth-order valence-corrected chi connectivity index (χ4v) is 10.8. The molecule has 1 fully saturated rings. The highest BCUT2D eigenvalue weighted by molar-refractivity contribution is 5.89. The quantitative estimate of drug-likeness (QED) is 0.165. The van der Waals surface area contributed by atoms with Gasteiger partial charge in [0.25, 0.3) is 0 Å². The smallest absolute Gasteiger partial charge is 0.302 e. The molecule has 11 rings (SSSR count). The minimum atomic E-state index is -4.52. The summed E-state index contributed by atoms with van der Waals surface area (Å²) in [5.41, 5.74) is 5.34. The van der Waals surface area contributed by atoms with Crippen LogP contribution in [0.25, 0.3) is 11.1 Å². The first-order valence-corrected chi connectivity index (χ1v) is 19.9. The highest BCUT2D eigenvalue weighted by atomic mass is 19.4. The summed E-state index contributed by atoms with van der Waals surface area (Å²) in [6.45, 7) is 6.81. The molecule has 292 valence electrons. The van der Waals surface area contributed by atoms with Crippen molar-refractivity contribution in [2.75, 3.05) is 19.6 Å². The van der Waals surface area contributed by atoms with Gasteiger partial charge in [-0.2, -0.15) is 13.2 Å². The molecule has 0 bridgehead atoms. The van der Waals surface area contributed by atoms with Crippen molar-refractivity contribution in [2.24, 2.45) is 11.3 Å². The Kier molecular flexibility index (Phi) is 7.58. The predicted molar refractivity (Wildman–Crippen MR) is 225 cm³/mol. The lowest BCUT2D eigenvalue weighted by Crippen LogP contribution is -2.50. The van der Waals surface area contributed by atoms with Crippen LogP contribution in [0.2, 0.25) is 0 Å². The number of anilines is 8. The molecule has 0 amide bonds. The molecule has 0 radical (unpaired) electrons. The summed E-state index contributed by atoms with van der Waals surface area (Å²) in [6.07, 6.45) is 2.57. The zero-order valence-electron chi connectivity index (χ0n) is 32.6. The lowest BCUT2D eigenvalue weighted by Gasteiger charge is -2.44. The predicted octanol–water partition coefficient (Wildman–Crippen LogP) is 11.5. The van der Waals surface area contributed by atoms with Gasteiger partial charge in [-0.25, -0.2) is 19.9 Å². The van der Waals surface area contributed by atoms with Gasteiger partial charge in [-0.15, -0.1) is 0 Å². The molecule has 5 heterocycles. The largest absolute Gasteiger partial charge is 0.417 e. The summed E-state index contributed by atoms with van der Waals surface area (Å²) in [5, 5.41) is 0. The molecule has 1 saturated carbocycles. The maximum absolute atomic E-state index is 14.5. The molecule has 5 unspecified atom stereocenters. The van der Waals surface area contributed by atoms with Crippen molar-refractivity contribution >= 4 is 46.0 Å². The van der Waals surface area contributed by atoms with E-state index in [2.05, 4.69) is 94.1 Å². The summed E-state index contributed by atoms with van der Waals surface area (Å²) in [5.74, 6) is 3.07. The van der Waals surface area contributed by atoms with Crippen LogP contribution in [0.3, 0.4) is 0 Å². The Balaban J connectivity index is 1.10. The Labute approximate surface area is 340 Å². The molecule has 11 heteroatoms. The SMILES string of the molecule is Cc1ccc(-c2ccccc2C(F)(F)F)cc1N1c2nccnc2N(c2ccccc2)C1CC1C2(C)c3ccccc3N3c4nccnc4N(c4ccccc4)C3C12C. The van der Waals surface area contributed by atoms with Crippen molar-refractivity contribution in [3.8, 4) is 11.1 Å². The first kappa shape index (κ1) is 35.4. The lowest BCUT2D eigenvalue weighted by molar-refractivity contribution is -0.137. The fourth-order valence-electron chi connectivity index (χ4n) is 10.8. The lowest BCUT2D eigenvalue weighted by atomic mass is 9.81. The minimum Gasteiger partial charge on any atom is -0.302 e. The number of fused-ring (bicyclic) bond motifs is 9. The van der Waals surface area contributed by atoms with Crippen LogP contribution in [0, 0.1) is 18.3 Å². The van der Waals surface area contributed by atoms with Gasteiger partial charge in [-0.05, 0) is 84.0 Å². The fraction of sp³-hybridized carbons (Fsp3) is 0.208. The number of nitrogens with zero attached hydrogens (tertiary/aromatic N) is 8. The van der Waals surface area contributed by atoms with Crippen LogP contribution in [0.1, 0.15) is 37.0 Å². The molecule has 4 aliphatic rings. The van der Waals surface area contributed by atoms with Gasteiger partial charge in [0.2, 0.25) is 0 Å². The number of halogens is 3. The Morgan fingerprint density at radius 1 is 0.576 bits per heavy atom. The Morgan fingerprint density at radius 2 is 1.12 bits per heavy atom. The monoisotopic (exact) mass is 784 g/mol. The Hall–Kier alpha value is -6.75. The molecular formula is C48H39F3N8. The van der Waals surface area contributed by atoms with Gasteiger partial charge >= 0.3 is 6.18 Å². The number of hydrogen-bond donors (Lipinski definition) is 0. The third-order valence-electron chi connectivity index (χ3n) is 13.6. The van der Waals surface area contributed by atoms with E-state index < -0.39 is 11.7 Å². The molecule has 2 aromatic heterocycles. The van der Waals surface area contributed by atoms with Crippen LogP contribution in [-0.4, -0.2) is 32.3 Å². The Bertz CT molecular complexity index is 2760. The third-order valence-corrected chi connectivity index (χ3v) is 13.6. The van der Waals surface area contributed by atoms with Crippen molar-refractivity contribution < 1.29 is 13.2 Å². The maximum atomic E-state index is 14.5. The van der Waals surface area contributed by atoms with Crippen molar-refractivity contribution in [1.82, 2.24) is 19.9 Å². The van der Waals surface area contributed by atoms with Crippen LogP contribution in [0.15, 0.2) is 152 Å². The van der Waals surface area contributed by atoms with E-state index in [4.69, 9.17) is 19.9 Å². The van der Waals surface area contributed by atoms with Crippen LogP contribution in [-0.2, 0) is 11.6 Å². The second-order valence-corrected chi connectivity index (χ2v) is 16.2. The van der Waals surface area contributed by atoms with Gasteiger partial charge < -0.3 is 19.6 Å². The molecule has 0 saturated heterocycles. The first-order valence-electron chi connectivity index (χ1n) is 19.9. The summed E-state index contributed by atoms with van der Waals surface area (Å²) in [6, 6.07) is 40.7. The molecule has 1 aliphatic carbocycles. The number of alkyl halides is 3. The number of aryl methyl sites for hydroxylation is 1. The molecule has 7 aromatic rings. The van der Waals surface area contributed by atoms with E-state index in [1.807, 2.05) is 43.3 Å². The van der Waals surface area contributed by atoms with Gasteiger partial charge in [0, 0.05) is 58.4 Å². The average Bonchev–Trinajstić information content (AvgIpc) is 3.49. The number of aromatic nitrogens is 4. The molecule has 5 atom stereocenters. The van der Waals surface area contributed by atoms with E-state index in [1.54, 1.807) is 43.0 Å². The van der Waals surface area contributed by atoms with E-state index >= 15 is 0 Å². The van der Waals surface area contributed by atoms with Crippen LogP contribution >= 0.6 is 0 Å². The number of para-hydroxylation sites is 3. The molecule has 5 aromatic carbocycles. The average molecular weight is 785 g/mol. The van der Waals surface area contributed by atoms with Crippen molar-refractivity contribution in [2.45, 2.75) is 51.1 Å². The van der Waals surface area contributed by atoms with Crippen molar-refractivity contribution in [3.63, 3.8) is 0 Å². The maximum Gasteiger partial charge on any atom is 0.417 e. The van der Waals surface area contributed by atoms with Crippen LogP contribution in [0.5, 0.6) is 0 Å².